The van der Waals surface area contributed by atoms with E-state index in [0.29, 0.717) is 29.6 Å². The van der Waals surface area contributed by atoms with Crippen LogP contribution in [0.3, 0.4) is 0 Å². The molecular weight excluding hydrogens is 438 g/mol. The Balaban J connectivity index is 0.00000300. The first-order valence-corrected chi connectivity index (χ1v) is 10.4. The first kappa shape index (κ1) is 23.8. The highest BCUT2D eigenvalue weighted by Crippen LogP contribution is 2.42. The SMILES string of the molecule is CCOC(=O)C[N+]1(C)CCC(OC(=O)C(O)(c2ccccc2)C2CCCC2)C1.[Br-]. The molecule has 0 bridgehead atoms. The van der Waals surface area contributed by atoms with Crippen molar-refractivity contribution in [2.45, 2.75) is 50.7 Å². The fourth-order valence-electron chi connectivity index (χ4n) is 4.69. The maximum absolute atomic E-state index is 13.2. The molecule has 6 nitrogen and oxygen atoms in total. The minimum Gasteiger partial charge on any atom is -1.00 e. The van der Waals surface area contributed by atoms with Crippen molar-refractivity contribution < 1.29 is 45.6 Å². The number of carbonyl (C=O) groups is 2. The number of esters is 2. The second-order valence-corrected chi connectivity index (χ2v) is 8.42. The number of ether oxygens (including phenoxy) is 2. The Morgan fingerprint density at radius 3 is 2.45 bits per heavy atom. The van der Waals surface area contributed by atoms with Crippen LogP contribution in [-0.4, -0.2) is 60.9 Å². The van der Waals surface area contributed by atoms with Crippen LogP contribution in [0.5, 0.6) is 0 Å². The number of carbonyl (C=O) groups excluding carboxylic acids is 2. The molecule has 2 fully saturated rings. The Morgan fingerprint density at radius 2 is 1.83 bits per heavy atom. The number of likely N-dealkylation sites (N-methyl/N-ethyl adjacent to an activating group) is 1. The molecule has 1 aliphatic heterocycles. The van der Waals surface area contributed by atoms with Crippen molar-refractivity contribution in [2.24, 2.45) is 5.92 Å². The summed E-state index contributed by atoms with van der Waals surface area (Å²) in [4.78, 5) is 25.0. The largest absolute Gasteiger partial charge is 1.00 e. The normalized spacial score (nSPS) is 26.4. The lowest BCUT2D eigenvalue weighted by Gasteiger charge is -2.33. The average Bonchev–Trinajstić information content (AvgIpc) is 3.32. The third-order valence-electron chi connectivity index (χ3n) is 6.20. The minimum absolute atomic E-state index is 0. The van der Waals surface area contributed by atoms with Gasteiger partial charge in [-0.3, -0.25) is 0 Å². The smallest absolute Gasteiger partial charge is 0.361 e. The van der Waals surface area contributed by atoms with Crippen molar-refractivity contribution >= 4 is 11.9 Å². The molecule has 3 rings (SSSR count). The molecule has 162 valence electrons. The molecule has 1 aromatic carbocycles. The van der Waals surface area contributed by atoms with Crippen molar-refractivity contribution in [3.63, 3.8) is 0 Å². The molecule has 0 aromatic heterocycles. The summed E-state index contributed by atoms with van der Waals surface area (Å²) < 4.78 is 11.4. The van der Waals surface area contributed by atoms with Crippen LogP contribution in [0.15, 0.2) is 30.3 Å². The van der Waals surface area contributed by atoms with Gasteiger partial charge in [-0.15, -0.1) is 0 Å². The van der Waals surface area contributed by atoms with Gasteiger partial charge in [0.15, 0.2) is 18.2 Å². The molecule has 3 unspecified atom stereocenters. The van der Waals surface area contributed by atoms with Gasteiger partial charge < -0.3 is 36.0 Å². The van der Waals surface area contributed by atoms with Crippen LogP contribution >= 0.6 is 0 Å². The van der Waals surface area contributed by atoms with E-state index < -0.39 is 11.6 Å². The maximum atomic E-state index is 13.2. The van der Waals surface area contributed by atoms with Crippen LogP contribution < -0.4 is 17.0 Å². The van der Waals surface area contributed by atoms with Gasteiger partial charge in [0.25, 0.3) is 0 Å². The zero-order valence-corrected chi connectivity index (χ0v) is 18.9. The van der Waals surface area contributed by atoms with Crippen LogP contribution in [0.25, 0.3) is 0 Å². The van der Waals surface area contributed by atoms with Gasteiger partial charge in [-0.25, -0.2) is 9.59 Å². The van der Waals surface area contributed by atoms with Gasteiger partial charge >= 0.3 is 11.9 Å². The first-order valence-electron chi connectivity index (χ1n) is 10.4. The zero-order valence-electron chi connectivity index (χ0n) is 17.3. The number of likely N-dealkylation sites (tertiary alicyclic amines) is 1. The molecular formula is C22H32BrNO5. The lowest BCUT2D eigenvalue weighted by molar-refractivity contribution is -0.891. The summed E-state index contributed by atoms with van der Waals surface area (Å²) in [5, 5.41) is 11.5. The van der Waals surface area contributed by atoms with E-state index in [1.165, 1.54) is 0 Å². The highest BCUT2D eigenvalue weighted by atomic mass is 79.9. The van der Waals surface area contributed by atoms with Crippen LogP contribution in [0, 0.1) is 5.92 Å². The molecule has 0 amide bonds. The van der Waals surface area contributed by atoms with Gasteiger partial charge in [0.2, 0.25) is 0 Å². The van der Waals surface area contributed by atoms with Gasteiger partial charge in [-0.2, -0.15) is 0 Å². The van der Waals surface area contributed by atoms with Gasteiger partial charge in [0.05, 0.1) is 20.2 Å². The summed E-state index contributed by atoms with van der Waals surface area (Å²) in [7, 11) is 1.98. The van der Waals surface area contributed by atoms with Crippen LogP contribution in [0.2, 0.25) is 0 Å². The lowest BCUT2D eigenvalue weighted by atomic mass is 9.80. The molecule has 29 heavy (non-hydrogen) atoms. The van der Waals surface area contributed by atoms with Gasteiger partial charge in [-0.05, 0) is 25.3 Å². The second kappa shape index (κ2) is 10.0. The predicted octanol–water partition coefficient (Wildman–Crippen LogP) is -0.606. The Morgan fingerprint density at radius 1 is 1.17 bits per heavy atom. The number of halogens is 1. The standard InChI is InChI=1S/C22H32NO5.BrH/c1-3-27-20(24)16-23(2)14-13-19(15-23)28-21(25)22(26,18-11-7-8-12-18)17-9-5-4-6-10-17;/h4-6,9-10,18-19,26H,3,7-8,11-16H2,1-2H3;1H/q+1;/p-1. The molecule has 1 saturated carbocycles. The van der Waals surface area contributed by atoms with Gasteiger partial charge in [0.1, 0.15) is 6.54 Å². The van der Waals surface area contributed by atoms with Gasteiger partial charge in [0, 0.05) is 12.3 Å². The number of benzene rings is 1. The number of quaternary nitrogens is 1. The number of hydrogen-bond acceptors (Lipinski definition) is 5. The topological polar surface area (TPSA) is 72.8 Å². The van der Waals surface area contributed by atoms with Crippen molar-refractivity contribution in [1.82, 2.24) is 0 Å². The molecule has 7 heteroatoms. The molecule has 2 aliphatic rings. The van der Waals surface area contributed by atoms with E-state index in [1.54, 1.807) is 19.1 Å². The van der Waals surface area contributed by atoms with Gasteiger partial charge in [-0.1, -0.05) is 43.2 Å². The second-order valence-electron chi connectivity index (χ2n) is 8.42. The molecule has 1 saturated heterocycles. The summed E-state index contributed by atoms with van der Waals surface area (Å²) in [6, 6.07) is 9.15. The van der Waals surface area contributed by atoms with Crippen LogP contribution in [0.1, 0.15) is 44.6 Å². The Kier molecular flexibility index (Phi) is 8.26. The molecule has 1 aromatic rings. The fourth-order valence-corrected chi connectivity index (χ4v) is 4.69. The average molecular weight is 470 g/mol. The molecule has 1 heterocycles. The van der Waals surface area contributed by atoms with Crippen LogP contribution in [0.4, 0.5) is 0 Å². The summed E-state index contributed by atoms with van der Waals surface area (Å²) >= 11 is 0. The highest BCUT2D eigenvalue weighted by molar-refractivity contribution is 5.81. The highest BCUT2D eigenvalue weighted by Gasteiger charge is 2.50. The van der Waals surface area contributed by atoms with E-state index in [4.69, 9.17) is 9.47 Å². The van der Waals surface area contributed by atoms with Crippen LogP contribution in [-0.2, 0) is 24.7 Å². The van der Waals surface area contributed by atoms with E-state index in [0.717, 1.165) is 32.2 Å². The lowest BCUT2D eigenvalue weighted by Crippen LogP contribution is -3.00. The van der Waals surface area contributed by atoms with E-state index in [-0.39, 0.29) is 41.5 Å². The summed E-state index contributed by atoms with van der Waals surface area (Å²) in [6.07, 6.45) is 4.06. The Labute approximate surface area is 183 Å². The summed E-state index contributed by atoms with van der Waals surface area (Å²) in [5.41, 5.74) is -1.00. The first-order chi connectivity index (χ1) is 13.4. The van der Waals surface area contributed by atoms with Crippen molar-refractivity contribution in [3.8, 4) is 0 Å². The fraction of sp³-hybridized carbons (Fsp3) is 0.636. The number of nitrogens with zero attached hydrogens (tertiary/aromatic N) is 1. The van der Waals surface area contributed by atoms with Crippen molar-refractivity contribution in [1.29, 1.82) is 0 Å². The summed E-state index contributed by atoms with van der Waals surface area (Å²) in [5.74, 6) is -0.909. The van der Waals surface area contributed by atoms with E-state index >= 15 is 0 Å². The molecule has 0 radical (unpaired) electrons. The zero-order chi connectivity index (χ0) is 20.2. The molecule has 1 N–H and O–H groups in total. The number of aliphatic hydroxyl groups is 1. The number of hydrogen-bond donors (Lipinski definition) is 1. The maximum Gasteiger partial charge on any atom is 0.361 e. The van der Waals surface area contributed by atoms with E-state index in [9.17, 15) is 14.7 Å². The van der Waals surface area contributed by atoms with E-state index in [1.807, 2.05) is 25.2 Å². The Hall–Kier alpha value is -1.44. The molecule has 3 atom stereocenters. The predicted molar refractivity (Wildman–Crippen MR) is 104 cm³/mol. The third kappa shape index (κ3) is 5.38. The number of rotatable bonds is 7. The third-order valence-corrected chi connectivity index (χ3v) is 6.20. The Bertz CT molecular complexity index is 694. The van der Waals surface area contributed by atoms with Crippen molar-refractivity contribution in [3.05, 3.63) is 35.9 Å². The van der Waals surface area contributed by atoms with E-state index in [2.05, 4.69) is 0 Å². The minimum atomic E-state index is -1.61. The summed E-state index contributed by atoms with van der Waals surface area (Å²) in [6.45, 7) is 3.72. The monoisotopic (exact) mass is 469 g/mol. The molecule has 0 spiro atoms. The molecule has 1 aliphatic carbocycles. The quantitative estimate of drug-likeness (QED) is 0.426. The van der Waals surface area contributed by atoms with Crippen molar-refractivity contribution in [2.75, 3.05) is 33.3 Å².